The zero-order chi connectivity index (χ0) is 20.5. The van der Waals surface area contributed by atoms with Crippen molar-refractivity contribution in [3.63, 3.8) is 0 Å². The number of aromatic carboxylic acids is 1. The van der Waals surface area contributed by atoms with E-state index in [-0.39, 0.29) is 43.2 Å². The molecule has 0 spiro atoms. The highest BCUT2D eigenvalue weighted by molar-refractivity contribution is 5.90. The normalized spacial score (nSPS) is 21.6. The molecule has 3 atom stereocenters. The van der Waals surface area contributed by atoms with E-state index in [2.05, 4.69) is 0 Å². The number of carbonyl (C=O) groups is 3. The van der Waals surface area contributed by atoms with Crippen LogP contribution in [0.25, 0.3) is 0 Å². The van der Waals surface area contributed by atoms with Gasteiger partial charge in [-0.15, -0.1) is 0 Å². The van der Waals surface area contributed by atoms with Crippen molar-refractivity contribution in [2.24, 2.45) is 0 Å². The first-order valence-electron chi connectivity index (χ1n) is 9.44. The molecule has 0 aliphatic carbocycles. The number of hydrogen-bond donors (Lipinski definition) is 1. The third-order valence-corrected chi connectivity index (χ3v) is 4.14. The second-order valence-corrected chi connectivity index (χ2v) is 6.47. The van der Waals surface area contributed by atoms with Crippen molar-refractivity contribution in [2.75, 3.05) is 6.61 Å². The molecule has 0 aromatic heterocycles. The average Bonchev–Trinajstić information content (AvgIpc) is 2.64. The molecule has 8 nitrogen and oxygen atoms in total. The van der Waals surface area contributed by atoms with Crippen LogP contribution in [0, 0.1) is 0 Å². The van der Waals surface area contributed by atoms with Crippen molar-refractivity contribution in [3.8, 4) is 5.75 Å². The molecular formula is C20H26O8. The highest BCUT2D eigenvalue weighted by atomic mass is 16.7. The van der Waals surface area contributed by atoms with Crippen molar-refractivity contribution in [1.29, 1.82) is 0 Å². The van der Waals surface area contributed by atoms with Gasteiger partial charge in [0.15, 0.2) is 6.10 Å². The number of esters is 2. The molecule has 0 radical (unpaired) electrons. The van der Waals surface area contributed by atoms with Gasteiger partial charge < -0.3 is 24.1 Å². The molecular weight excluding hydrogens is 368 g/mol. The van der Waals surface area contributed by atoms with Crippen LogP contribution < -0.4 is 4.74 Å². The number of para-hydroxylation sites is 1. The fraction of sp³-hybridized carbons (Fsp3) is 0.550. The van der Waals surface area contributed by atoms with E-state index in [1.807, 2.05) is 13.8 Å². The van der Waals surface area contributed by atoms with Crippen molar-refractivity contribution in [3.05, 3.63) is 29.8 Å². The van der Waals surface area contributed by atoms with Gasteiger partial charge in [0.05, 0.1) is 13.0 Å². The number of carboxylic acid groups (broad SMARTS) is 1. The van der Waals surface area contributed by atoms with E-state index < -0.39 is 30.4 Å². The van der Waals surface area contributed by atoms with Gasteiger partial charge in [0.1, 0.15) is 17.4 Å². The van der Waals surface area contributed by atoms with E-state index in [0.29, 0.717) is 12.8 Å². The van der Waals surface area contributed by atoms with Crippen molar-refractivity contribution < 1.29 is 38.4 Å². The molecule has 8 heteroatoms. The van der Waals surface area contributed by atoms with E-state index in [0.717, 1.165) is 0 Å². The van der Waals surface area contributed by atoms with E-state index in [4.69, 9.17) is 18.9 Å². The maximum absolute atomic E-state index is 12.0. The molecule has 1 aliphatic heterocycles. The van der Waals surface area contributed by atoms with Crippen LogP contribution in [0.3, 0.4) is 0 Å². The second kappa shape index (κ2) is 10.7. The Morgan fingerprint density at radius 1 is 1.04 bits per heavy atom. The Morgan fingerprint density at radius 2 is 1.64 bits per heavy atom. The monoisotopic (exact) mass is 394 g/mol. The number of carboxylic acids is 1. The SMILES string of the molecule is CCCC(=O)OC1C[C@@H](Oc2ccccc2C(=O)O)OC[C@H]1OC(=O)CCC. The molecule has 1 aromatic rings. The Labute approximate surface area is 163 Å². The molecule has 0 bridgehead atoms. The lowest BCUT2D eigenvalue weighted by molar-refractivity contribution is -0.212. The van der Waals surface area contributed by atoms with E-state index in [1.54, 1.807) is 12.1 Å². The summed E-state index contributed by atoms with van der Waals surface area (Å²) in [4.78, 5) is 35.1. The van der Waals surface area contributed by atoms with Crippen molar-refractivity contribution >= 4 is 17.9 Å². The molecule has 1 N–H and O–H groups in total. The van der Waals surface area contributed by atoms with Gasteiger partial charge in [0.2, 0.25) is 6.29 Å². The first-order chi connectivity index (χ1) is 13.4. The minimum atomic E-state index is -1.12. The van der Waals surface area contributed by atoms with Gasteiger partial charge in [-0.1, -0.05) is 26.0 Å². The Kier molecular flexibility index (Phi) is 8.25. The summed E-state index contributed by atoms with van der Waals surface area (Å²) in [5, 5.41) is 9.27. The lowest BCUT2D eigenvalue weighted by Crippen LogP contribution is -2.47. The van der Waals surface area contributed by atoms with Gasteiger partial charge in [-0.2, -0.15) is 0 Å². The summed E-state index contributed by atoms with van der Waals surface area (Å²) < 4.78 is 22.2. The third-order valence-electron chi connectivity index (χ3n) is 4.14. The van der Waals surface area contributed by atoms with Gasteiger partial charge in [-0.25, -0.2) is 4.79 Å². The van der Waals surface area contributed by atoms with Gasteiger partial charge in [0, 0.05) is 12.8 Å². The summed E-state index contributed by atoms with van der Waals surface area (Å²) in [7, 11) is 0. The fourth-order valence-corrected chi connectivity index (χ4v) is 2.79. The predicted molar refractivity (Wildman–Crippen MR) is 98.0 cm³/mol. The fourth-order valence-electron chi connectivity index (χ4n) is 2.79. The lowest BCUT2D eigenvalue weighted by atomic mass is 10.1. The highest BCUT2D eigenvalue weighted by Gasteiger charge is 2.38. The zero-order valence-electron chi connectivity index (χ0n) is 16.1. The smallest absolute Gasteiger partial charge is 0.339 e. The number of carbonyl (C=O) groups excluding carboxylic acids is 2. The Bertz CT molecular complexity index is 687. The minimum Gasteiger partial charge on any atom is -0.478 e. The standard InChI is InChI=1S/C20H26O8/c1-3-7-17(21)26-15-11-19(25-12-16(15)27-18(22)8-4-2)28-14-10-6-5-9-13(14)20(23)24/h5-6,9-10,15-16,19H,3-4,7-8,11-12H2,1-2H3,(H,23,24)/t15?,16-,19-/m1/s1. The number of ether oxygens (including phenoxy) is 4. The number of benzene rings is 1. The van der Waals surface area contributed by atoms with Gasteiger partial charge >= 0.3 is 17.9 Å². The van der Waals surface area contributed by atoms with Gasteiger partial charge in [0.25, 0.3) is 0 Å². The van der Waals surface area contributed by atoms with Crippen LogP contribution in [-0.4, -0.2) is 48.1 Å². The second-order valence-electron chi connectivity index (χ2n) is 6.47. The summed E-state index contributed by atoms with van der Waals surface area (Å²) in [5.41, 5.74) is 0.00197. The van der Waals surface area contributed by atoms with E-state index in [1.165, 1.54) is 12.1 Å². The van der Waals surface area contributed by atoms with E-state index in [9.17, 15) is 19.5 Å². The first-order valence-corrected chi connectivity index (χ1v) is 9.44. The summed E-state index contributed by atoms with van der Waals surface area (Å²) in [6.07, 6.45) is -0.379. The van der Waals surface area contributed by atoms with Crippen molar-refractivity contribution in [2.45, 2.75) is 64.4 Å². The number of hydrogen-bond acceptors (Lipinski definition) is 7. The first kappa shape index (κ1) is 21.7. The maximum Gasteiger partial charge on any atom is 0.339 e. The molecule has 1 unspecified atom stereocenters. The quantitative estimate of drug-likeness (QED) is 0.637. The zero-order valence-corrected chi connectivity index (χ0v) is 16.1. The molecule has 154 valence electrons. The highest BCUT2D eigenvalue weighted by Crippen LogP contribution is 2.26. The van der Waals surface area contributed by atoms with E-state index >= 15 is 0 Å². The molecule has 0 saturated carbocycles. The molecule has 1 fully saturated rings. The summed E-state index contributed by atoms with van der Waals surface area (Å²) in [5.74, 6) is -1.75. The lowest BCUT2D eigenvalue weighted by Gasteiger charge is -2.35. The molecule has 2 rings (SSSR count). The predicted octanol–water partition coefficient (Wildman–Crippen LogP) is 2.93. The van der Waals surface area contributed by atoms with Crippen LogP contribution in [0.2, 0.25) is 0 Å². The molecule has 28 heavy (non-hydrogen) atoms. The van der Waals surface area contributed by atoms with Crippen LogP contribution in [0.4, 0.5) is 0 Å². The Hall–Kier alpha value is -2.61. The van der Waals surface area contributed by atoms with Gasteiger partial charge in [-0.3, -0.25) is 9.59 Å². The summed E-state index contributed by atoms with van der Waals surface area (Å²) in [6.45, 7) is 3.71. The van der Waals surface area contributed by atoms with Crippen LogP contribution >= 0.6 is 0 Å². The van der Waals surface area contributed by atoms with Crippen LogP contribution in [0.1, 0.15) is 56.3 Å². The average molecular weight is 394 g/mol. The van der Waals surface area contributed by atoms with Gasteiger partial charge in [-0.05, 0) is 25.0 Å². The molecule has 1 aromatic carbocycles. The van der Waals surface area contributed by atoms with Crippen LogP contribution in [0.5, 0.6) is 5.75 Å². The summed E-state index contributed by atoms with van der Waals surface area (Å²) >= 11 is 0. The largest absolute Gasteiger partial charge is 0.478 e. The maximum atomic E-state index is 12.0. The molecule has 1 saturated heterocycles. The van der Waals surface area contributed by atoms with Crippen LogP contribution in [0.15, 0.2) is 24.3 Å². The molecule has 1 aliphatic rings. The van der Waals surface area contributed by atoms with Crippen molar-refractivity contribution in [1.82, 2.24) is 0 Å². The third kappa shape index (κ3) is 6.23. The molecule has 0 amide bonds. The Morgan fingerprint density at radius 3 is 2.25 bits per heavy atom. The number of rotatable bonds is 9. The van der Waals surface area contributed by atoms with Crippen LogP contribution in [-0.2, 0) is 23.8 Å². The Balaban J connectivity index is 2.08. The minimum absolute atomic E-state index is 0.00197. The molecule has 1 heterocycles. The summed E-state index contributed by atoms with van der Waals surface area (Å²) in [6, 6.07) is 6.20. The topological polar surface area (TPSA) is 108 Å².